The minimum Gasteiger partial charge on any atom is -0.507 e. The Morgan fingerprint density at radius 3 is 2.47 bits per heavy atom. The molecule has 3 N–H and O–H groups in total. The van der Waals surface area contributed by atoms with Gasteiger partial charge >= 0.3 is 6.29 Å². The molecular weight excluding hydrogens is 212 g/mol. The Labute approximate surface area is 82.8 Å². The quantitative estimate of drug-likeness (QED) is 0.652. The zero-order valence-electron chi connectivity index (χ0n) is 7.33. The molecule has 0 unspecified atom stereocenters. The van der Waals surface area contributed by atoms with Gasteiger partial charge in [-0.1, -0.05) is 0 Å². The first-order valence-corrected chi connectivity index (χ1v) is 4.00. The maximum Gasteiger partial charge on any atom is 0.586 e. The van der Waals surface area contributed by atoms with Crippen LogP contribution in [0.4, 0.5) is 8.78 Å². The average Bonchev–Trinajstić information content (AvgIpc) is 2.39. The van der Waals surface area contributed by atoms with Gasteiger partial charge in [0.15, 0.2) is 11.5 Å². The standard InChI is InChI=1S/C8H7F2NO4/c9-8(10)14-6-1-4(3-11-13)5(12)2-7(6)15-8/h1-2,11-13H,3H2. The lowest BCUT2D eigenvalue weighted by molar-refractivity contribution is -0.286. The fraction of sp³-hybridized carbons (Fsp3) is 0.250. The highest BCUT2D eigenvalue weighted by Gasteiger charge is 2.43. The number of rotatable bonds is 2. The van der Waals surface area contributed by atoms with Gasteiger partial charge in [-0.3, -0.25) is 0 Å². The normalized spacial score (nSPS) is 16.7. The van der Waals surface area contributed by atoms with Crippen LogP contribution >= 0.6 is 0 Å². The van der Waals surface area contributed by atoms with Crippen LogP contribution in [-0.4, -0.2) is 16.6 Å². The number of hydrogen-bond acceptors (Lipinski definition) is 5. The first kappa shape index (κ1) is 9.94. The van der Waals surface area contributed by atoms with E-state index in [0.29, 0.717) is 0 Å². The highest BCUT2D eigenvalue weighted by molar-refractivity contribution is 5.51. The summed E-state index contributed by atoms with van der Waals surface area (Å²) in [5, 5.41) is 17.8. The fourth-order valence-electron chi connectivity index (χ4n) is 1.25. The van der Waals surface area contributed by atoms with Gasteiger partial charge in [0.1, 0.15) is 5.75 Å². The zero-order chi connectivity index (χ0) is 11.1. The van der Waals surface area contributed by atoms with Crippen molar-refractivity contribution < 1.29 is 28.6 Å². The average molecular weight is 219 g/mol. The van der Waals surface area contributed by atoms with E-state index in [-0.39, 0.29) is 29.4 Å². The molecule has 15 heavy (non-hydrogen) atoms. The summed E-state index contributed by atoms with van der Waals surface area (Å²) in [6.07, 6.45) is -3.71. The Hall–Kier alpha value is -1.60. The number of hydrogen-bond donors (Lipinski definition) is 3. The van der Waals surface area contributed by atoms with Crippen molar-refractivity contribution in [3.63, 3.8) is 0 Å². The number of alkyl halides is 2. The van der Waals surface area contributed by atoms with Gasteiger partial charge in [-0.2, -0.15) is 0 Å². The van der Waals surface area contributed by atoms with Crippen LogP contribution in [0.15, 0.2) is 12.1 Å². The fourth-order valence-corrected chi connectivity index (χ4v) is 1.25. The van der Waals surface area contributed by atoms with E-state index in [4.69, 9.17) is 5.21 Å². The van der Waals surface area contributed by atoms with Gasteiger partial charge in [-0.15, -0.1) is 8.78 Å². The van der Waals surface area contributed by atoms with Crippen molar-refractivity contribution in [1.29, 1.82) is 0 Å². The van der Waals surface area contributed by atoms with Crippen molar-refractivity contribution in [3.8, 4) is 17.2 Å². The maximum absolute atomic E-state index is 12.6. The molecular formula is C8H7F2NO4. The van der Waals surface area contributed by atoms with E-state index >= 15 is 0 Å². The van der Waals surface area contributed by atoms with Gasteiger partial charge in [0.2, 0.25) is 0 Å². The largest absolute Gasteiger partial charge is 0.586 e. The second-order valence-corrected chi connectivity index (χ2v) is 2.93. The number of halogens is 2. The summed E-state index contributed by atoms with van der Waals surface area (Å²) in [6, 6.07) is 2.16. The van der Waals surface area contributed by atoms with Crippen molar-refractivity contribution in [2.75, 3.05) is 0 Å². The van der Waals surface area contributed by atoms with E-state index < -0.39 is 6.29 Å². The molecule has 1 aromatic carbocycles. The predicted octanol–water partition coefficient (Wildman–Crippen LogP) is 1.19. The van der Waals surface area contributed by atoms with Gasteiger partial charge < -0.3 is 19.8 Å². The first-order chi connectivity index (χ1) is 7.02. The molecule has 0 saturated carbocycles. The van der Waals surface area contributed by atoms with Crippen molar-refractivity contribution >= 4 is 0 Å². The third-order valence-corrected chi connectivity index (χ3v) is 1.87. The van der Waals surface area contributed by atoms with Crippen LogP contribution in [0, 0.1) is 0 Å². The Morgan fingerprint density at radius 1 is 1.27 bits per heavy atom. The number of benzene rings is 1. The third-order valence-electron chi connectivity index (χ3n) is 1.87. The Morgan fingerprint density at radius 2 is 1.87 bits per heavy atom. The van der Waals surface area contributed by atoms with Gasteiger partial charge in [-0.25, -0.2) is 5.48 Å². The zero-order valence-corrected chi connectivity index (χ0v) is 7.33. The molecule has 0 bridgehead atoms. The predicted molar refractivity (Wildman–Crippen MR) is 42.9 cm³/mol. The first-order valence-electron chi connectivity index (χ1n) is 4.00. The third kappa shape index (κ3) is 1.79. The molecule has 5 nitrogen and oxygen atoms in total. The molecule has 0 atom stereocenters. The molecule has 1 heterocycles. The highest BCUT2D eigenvalue weighted by atomic mass is 19.3. The van der Waals surface area contributed by atoms with E-state index in [2.05, 4.69) is 9.47 Å². The molecule has 0 amide bonds. The molecule has 0 radical (unpaired) electrons. The molecule has 0 fully saturated rings. The molecule has 7 heteroatoms. The van der Waals surface area contributed by atoms with E-state index in [1.807, 2.05) is 0 Å². The molecule has 0 aromatic heterocycles. The van der Waals surface area contributed by atoms with Crippen LogP contribution in [0.5, 0.6) is 17.2 Å². The van der Waals surface area contributed by atoms with Crippen molar-refractivity contribution in [1.82, 2.24) is 5.48 Å². The van der Waals surface area contributed by atoms with Crippen molar-refractivity contribution in [2.45, 2.75) is 12.8 Å². The number of nitrogens with one attached hydrogen (secondary N) is 1. The number of fused-ring (bicyclic) bond motifs is 1. The van der Waals surface area contributed by atoms with Crippen molar-refractivity contribution in [3.05, 3.63) is 17.7 Å². The number of hydroxylamine groups is 1. The van der Waals surface area contributed by atoms with E-state index in [1.165, 1.54) is 0 Å². The van der Waals surface area contributed by atoms with Crippen LogP contribution in [-0.2, 0) is 6.54 Å². The molecule has 1 aliphatic heterocycles. The summed E-state index contributed by atoms with van der Waals surface area (Å²) in [5.41, 5.74) is 2.01. The number of ether oxygens (including phenoxy) is 2. The SMILES string of the molecule is ONCc1cc2c(cc1O)OC(F)(F)O2. The maximum atomic E-state index is 12.6. The van der Waals surface area contributed by atoms with E-state index in [0.717, 1.165) is 12.1 Å². The van der Waals surface area contributed by atoms with E-state index in [9.17, 15) is 13.9 Å². The summed E-state index contributed by atoms with van der Waals surface area (Å²) in [4.78, 5) is 0. The highest BCUT2D eigenvalue weighted by Crippen LogP contribution is 2.44. The Balaban J connectivity index is 2.36. The second kappa shape index (κ2) is 3.21. The summed E-state index contributed by atoms with van der Waals surface area (Å²) in [7, 11) is 0. The number of phenolic OH excluding ortho intramolecular Hbond substituents is 1. The number of phenols is 1. The smallest absolute Gasteiger partial charge is 0.507 e. The van der Waals surface area contributed by atoms with Crippen LogP contribution in [0.2, 0.25) is 0 Å². The van der Waals surface area contributed by atoms with Gasteiger partial charge in [-0.05, 0) is 6.07 Å². The lowest BCUT2D eigenvalue weighted by Crippen LogP contribution is -2.25. The molecule has 82 valence electrons. The Bertz CT molecular complexity index is 396. The summed E-state index contributed by atoms with van der Waals surface area (Å²) in [5.74, 6) is -0.682. The Kier molecular flexibility index (Phi) is 2.13. The lowest BCUT2D eigenvalue weighted by atomic mass is 10.2. The topological polar surface area (TPSA) is 71.0 Å². The molecule has 2 rings (SSSR count). The monoisotopic (exact) mass is 219 g/mol. The molecule has 0 spiro atoms. The second-order valence-electron chi connectivity index (χ2n) is 2.93. The van der Waals surface area contributed by atoms with Crippen LogP contribution in [0.3, 0.4) is 0 Å². The van der Waals surface area contributed by atoms with Gasteiger partial charge in [0, 0.05) is 18.2 Å². The van der Waals surface area contributed by atoms with Crippen LogP contribution in [0.25, 0.3) is 0 Å². The van der Waals surface area contributed by atoms with Gasteiger partial charge in [0.25, 0.3) is 0 Å². The van der Waals surface area contributed by atoms with Crippen LogP contribution in [0.1, 0.15) is 5.56 Å². The van der Waals surface area contributed by atoms with Gasteiger partial charge in [0.05, 0.1) is 0 Å². The molecule has 1 aromatic rings. The number of aromatic hydroxyl groups is 1. The lowest BCUT2D eigenvalue weighted by Gasteiger charge is -2.04. The molecule has 1 aliphatic rings. The molecule has 0 saturated heterocycles. The minimum absolute atomic E-state index is 0.0892. The summed E-state index contributed by atoms with van der Waals surface area (Å²) < 4.78 is 33.5. The summed E-state index contributed by atoms with van der Waals surface area (Å²) >= 11 is 0. The van der Waals surface area contributed by atoms with Crippen molar-refractivity contribution in [2.24, 2.45) is 0 Å². The molecule has 0 aliphatic carbocycles. The summed E-state index contributed by atoms with van der Waals surface area (Å²) in [6.45, 7) is -0.0892. The van der Waals surface area contributed by atoms with Crippen LogP contribution < -0.4 is 15.0 Å². The van der Waals surface area contributed by atoms with E-state index in [1.54, 1.807) is 5.48 Å². The minimum atomic E-state index is -3.71.